The van der Waals surface area contributed by atoms with E-state index in [2.05, 4.69) is 5.10 Å². The average Bonchev–Trinajstić information content (AvgIpc) is 3.20. The van der Waals surface area contributed by atoms with E-state index in [1.165, 1.54) is 24.3 Å². The molecule has 0 saturated carbocycles. The Bertz CT molecular complexity index is 1130. The Morgan fingerprint density at radius 2 is 1.69 bits per heavy atom. The van der Waals surface area contributed by atoms with Crippen LogP contribution >= 0.6 is 0 Å². The molecule has 1 aromatic heterocycles. The van der Waals surface area contributed by atoms with Crippen molar-refractivity contribution in [3.05, 3.63) is 35.7 Å². The van der Waals surface area contributed by atoms with Crippen LogP contribution in [0.3, 0.4) is 0 Å². The van der Waals surface area contributed by atoms with Crippen LogP contribution in [0.5, 0.6) is 0 Å². The Morgan fingerprint density at radius 1 is 1.06 bits per heavy atom. The number of nitrogens with zero attached hydrogens (tertiary/aromatic N) is 4. The van der Waals surface area contributed by atoms with Crippen LogP contribution in [0.15, 0.2) is 34.1 Å². The van der Waals surface area contributed by atoms with E-state index in [9.17, 15) is 18.0 Å². The quantitative estimate of drug-likeness (QED) is 0.563. The second-order valence-corrected chi connectivity index (χ2v) is 10.9. The van der Waals surface area contributed by atoms with Gasteiger partial charge in [0.05, 0.1) is 33.9 Å². The maximum absolute atomic E-state index is 13.6. The summed E-state index contributed by atoms with van der Waals surface area (Å²) in [5, 5.41) is 4.59. The highest BCUT2D eigenvalue weighted by Crippen LogP contribution is 2.36. The van der Waals surface area contributed by atoms with Crippen molar-refractivity contribution in [1.82, 2.24) is 14.7 Å². The fraction of sp³-hybridized carbons (Fsp3) is 0.522. The van der Waals surface area contributed by atoms with Gasteiger partial charge < -0.3 is 4.90 Å². The standard InChI is InChI=1S/C23H32N4O4S/c1-7-18-21(19(8-2)26(24-18)14-13-25(5)6)32(30,31)17-11-9-16(10-12-17)27-20(28)15-23(3,4)22(27)29/h9-12H,7-8,13-15H2,1-6H3. The van der Waals surface area contributed by atoms with Crippen LogP contribution < -0.4 is 4.90 Å². The van der Waals surface area contributed by atoms with E-state index in [1.54, 1.807) is 18.5 Å². The molecule has 0 spiro atoms. The third-order valence-electron chi connectivity index (χ3n) is 5.80. The molecule has 1 aliphatic rings. The predicted octanol–water partition coefficient (Wildman–Crippen LogP) is 2.69. The van der Waals surface area contributed by atoms with Gasteiger partial charge in [0.15, 0.2) is 0 Å². The van der Waals surface area contributed by atoms with Crippen molar-refractivity contribution in [3.8, 4) is 0 Å². The van der Waals surface area contributed by atoms with E-state index in [0.717, 1.165) is 11.4 Å². The predicted molar refractivity (Wildman–Crippen MR) is 122 cm³/mol. The first-order valence-corrected chi connectivity index (χ1v) is 12.4. The van der Waals surface area contributed by atoms with Crippen molar-refractivity contribution in [2.45, 2.75) is 63.3 Å². The van der Waals surface area contributed by atoms with Crippen LogP contribution in [0.4, 0.5) is 5.69 Å². The highest BCUT2D eigenvalue weighted by molar-refractivity contribution is 7.91. The Balaban J connectivity index is 2.00. The third-order valence-corrected chi connectivity index (χ3v) is 7.71. The van der Waals surface area contributed by atoms with Gasteiger partial charge in [0.25, 0.3) is 0 Å². The smallest absolute Gasteiger partial charge is 0.239 e. The lowest BCUT2D eigenvalue weighted by Gasteiger charge is -2.18. The van der Waals surface area contributed by atoms with Gasteiger partial charge in [-0.15, -0.1) is 0 Å². The lowest BCUT2D eigenvalue weighted by molar-refractivity contribution is -0.124. The highest BCUT2D eigenvalue weighted by Gasteiger charge is 2.45. The van der Waals surface area contributed by atoms with Crippen molar-refractivity contribution in [2.24, 2.45) is 5.41 Å². The fourth-order valence-electron chi connectivity index (χ4n) is 4.00. The lowest BCUT2D eigenvalue weighted by Crippen LogP contribution is -2.32. The number of carbonyl (C=O) groups is 2. The number of aromatic nitrogens is 2. The minimum absolute atomic E-state index is 0.121. The van der Waals surface area contributed by atoms with Crippen LogP contribution in [-0.2, 0) is 38.8 Å². The number of likely N-dealkylation sites (N-methyl/N-ethyl adjacent to an activating group) is 1. The molecule has 1 saturated heterocycles. The summed E-state index contributed by atoms with van der Waals surface area (Å²) in [7, 11) is 0.111. The number of benzene rings is 1. The number of aryl methyl sites for hydroxylation is 1. The molecule has 3 rings (SSSR count). The molecule has 0 radical (unpaired) electrons. The maximum atomic E-state index is 13.6. The Labute approximate surface area is 190 Å². The Hall–Kier alpha value is -2.52. The normalized spacial score (nSPS) is 16.4. The fourth-order valence-corrected chi connectivity index (χ4v) is 5.79. The Morgan fingerprint density at radius 3 is 2.16 bits per heavy atom. The molecule has 32 heavy (non-hydrogen) atoms. The third kappa shape index (κ3) is 4.23. The molecule has 1 fully saturated rings. The minimum Gasteiger partial charge on any atom is -0.308 e. The molecule has 0 aliphatic carbocycles. The topological polar surface area (TPSA) is 92.6 Å². The van der Waals surface area contributed by atoms with Gasteiger partial charge in [-0.05, 0) is 51.2 Å². The zero-order valence-electron chi connectivity index (χ0n) is 19.7. The van der Waals surface area contributed by atoms with Crippen molar-refractivity contribution in [2.75, 3.05) is 25.5 Å². The summed E-state index contributed by atoms with van der Waals surface area (Å²) in [6, 6.07) is 5.98. The molecule has 2 heterocycles. The summed E-state index contributed by atoms with van der Waals surface area (Å²) in [6.07, 6.45) is 1.18. The molecular weight excluding hydrogens is 428 g/mol. The van der Waals surface area contributed by atoms with Crippen molar-refractivity contribution >= 4 is 27.3 Å². The summed E-state index contributed by atoms with van der Waals surface area (Å²) in [5.74, 6) is -0.555. The van der Waals surface area contributed by atoms with Gasteiger partial charge in [0.2, 0.25) is 21.7 Å². The first-order chi connectivity index (χ1) is 14.9. The monoisotopic (exact) mass is 460 g/mol. The number of hydrogen-bond donors (Lipinski definition) is 0. The molecule has 0 bridgehead atoms. The van der Waals surface area contributed by atoms with Crippen LogP contribution in [0.1, 0.15) is 45.5 Å². The van der Waals surface area contributed by atoms with Crippen molar-refractivity contribution in [1.29, 1.82) is 0 Å². The molecule has 0 unspecified atom stereocenters. The molecule has 8 nitrogen and oxygen atoms in total. The maximum Gasteiger partial charge on any atom is 0.239 e. The minimum atomic E-state index is -3.82. The molecule has 174 valence electrons. The van der Waals surface area contributed by atoms with E-state index in [4.69, 9.17) is 0 Å². The van der Waals surface area contributed by atoms with Gasteiger partial charge >= 0.3 is 0 Å². The van der Waals surface area contributed by atoms with Gasteiger partial charge in [-0.25, -0.2) is 8.42 Å². The van der Waals surface area contributed by atoms with Gasteiger partial charge in [-0.1, -0.05) is 27.7 Å². The highest BCUT2D eigenvalue weighted by atomic mass is 32.2. The van der Waals surface area contributed by atoms with Gasteiger partial charge in [-0.3, -0.25) is 19.2 Å². The number of rotatable bonds is 8. The largest absolute Gasteiger partial charge is 0.308 e. The van der Waals surface area contributed by atoms with Crippen LogP contribution in [0.25, 0.3) is 0 Å². The van der Waals surface area contributed by atoms with E-state index in [-0.39, 0.29) is 28.0 Å². The molecule has 2 amide bonds. The zero-order valence-corrected chi connectivity index (χ0v) is 20.5. The first kappa shape index (κ1) is 24.1. The zero-order chi connectivity index (χ0) is 23.8. The molecule has 1 aromatic carbocycles. The summed E-state index contributed by atoms with van der Waals surface area (Å²) in [4.78, 5) is 28.5. The van der Waals surface area contributed by atoms with E-state index in [1.807, 2.05) is 32.8 Å². The van der Waals surface area contributed by atoms with Gasteiger partial charge in [0.1, 0.15) is 4.90 Å². The number of imide groups is 1. The molecule has 2 aromatic rings. The van der Waals surface area contributed by atoms with Crippen LogP contribution in [0.2, 0.25) is 0 Å². The summed E-state index contributed by atoms with van der Waals surface area (Å²) >= 11 is 0. The summed E-state index contributed by atoms with van der Waals surface area (Å²) in [6.45, 7) is 8.65. The van der Waals surface area contributed by atoms with Crippen molar-refractivity contribution < 1.29 is 18.0 Å². The molecule has 0 atom stereocenters. The SMILES string of the molecule is CCc1nn(CCN(C)C)c(CC)c1S(=O)(=O)c1ccc(N2C(=O)CC(C)(C)C2=O)cc1. The second kappa shape index (κ2) is 8.78. The Kier molecular flexibility index (Phi) is 6.62. The molecule has 9 heteroatoms. The van der Waals surface area contributed by atoms with Crippen molar-refractivity contribution in [3.63, 3.8) is 0 Å². The number of sulfone groups is 1. The number of amides is 2. The number of anilines is 1. The van der Waals surface area contributed by atoms with E-state index < -0.39 is 15.3 Å². The molecule has 1 aliphatic heterocycles. The number of carbonyl (C=O) groups excluding carboxylic acids is 2. The van der Waals surface area contributed by atoms with E-state index in [0.29, 0.717) is 36.5 Å². The number of hydrogen-bond acceptors (Lipinski definition) is 6. The van der Waals surface area contributed by atoms with E-state index >= 15 is 0 Å². The van der Waals surface area contributed by atoms with Gasteiger partial charge in [-0.2, -0.15) is 5.10 Å². The van der Waals surface area contributed by atoms with Crippen LogP contribution in [-0.4, -0.2) is 55.6 Å². The summed E-state index contributed by atoms with van der Waals surface area (Å²) in [5.41, 5.74) is 0.878. The second-order valence-electron chi connectivity index (χ2n) is 9.05. The molecule has 0 N–H and O–H groups in total. The van der Waals surface area contributed by atoms with Crippen LogP contribution in [0, 0.1) is 5.41 Å². The summed E-state index contributed by atoms with van der Waals surface area (Å²) < 4.78 is 29.0. The van der Waals surface area contributed by atoms with Gasteiger partial charge in [0, 0.05) is 13.0 Å². The first-order valence-electron chi connectivity index (χ1n) is 10.9. The molecular formula is C23H32N4O4S. The lowest BCUT2D eigenvalue weighted by atomic mass is 9.92. The average molecular weight is 461 g/mol.